The third-order valence-electron chi connectivity index (χ3n) is 7.80. The zero-order chi connectivity index (χ0) is 21.2. The Morgan fingerprint density at radius 2 is 1.67 bits per heavy atom. The zero-order valence-corrected chi connectivity index (χ0v) is 18.6. The summed E-state index contributed by atoms with van der Waals surface area (Å²) in [6.07, 6.45) is 21.4. The van der Waals surface area contributed by atoms with Gasteiger partial charge in [0.2, 0.25) is 0 Å². The van der Waals surface area contributed by atoms with E-state index in [0.717, 1.165) is 49.9 Å². The maximum atomic E-state index is 11.9. The highest BCUT2D eigenvalue weighted by Crippen LogP contribution is 2.47. The fourth-order valence-corrected chi connectivity index (χ4v) is 5.71. The Hall–Kier alpha value is -2.14. The van der Waals surface area contributed by atoms with Gasteiger partial charge in [-0.15, -0.1) is 0 Å². The van der Waals surface area contributed by atoms with E-state index in [1.807, 2.05) is 12.1 Å². The molecular formula is C28H37NO. The molecule has 160 valence electrons. The van der Waals surface area contributed by atoms with Crippen LogP contribution in [0.5, 0.6) is 0 Å². The molecule has 2 heteroatoms. The zero-order valence-electron chi connectivity index (χ0n) is 18.6. The lowest BCUT2D eigenvalue weighted by atomic mass is 9.63. The second-order valence-electron chi connectivity index (χ2n) is 9.48. The highest BCUT2D eigenvalue weighted by Gasteiger charge is 2.38. The third-order valence-corrected chi connectivity index (χ3v) is 7.80. The van der Waals surface area contributed by atoms with Crippen molar-refractivity contribution in [1.82, 2.24) is 0 Å². The Morgan fingerprint density at radius 1 is 1.00 bits per heavy atom. The van der Waals surface area contributed by atoms with Gasteiger partial charge in [-0.1, -0.05) is 49.4 Å². The summed E-state index contributed by atoms with van der Waals surface area (Å²) in [5.41, 5.74) is 2.85. The van der Waals surface area contributed by atoms with Crippen molar-refractivity contribution < 1.29 is 4.79 Å². The van der Waals surface area contributed by atoms with E-state index in [-0.39, 0.29) is 5.41 Å². The molecule has 0 radical (unpaired) electrons. The minimum absolute atomic E-state index is 0.113. The largest absolute Gasteiger partial charge is 0.303 e. The summed E-state index contributed by atoms with van der Waals surface area (Å²) in [6, 6.07) is 11.3. The van der Waals surface area contributed by atoms with E-state index in [2.05, 4.69) is 37.3 Å². The molecule has 2 nitrogen and oxygen atoms in total. The molecule has 0 N–H and O–H groups in total. The number of aldehydes is 1. The summed E-state index contributed by atoms with van der Waals surface area (Å²) in [4.78, 5) is 11.9. The molecule has 0 unspecified atom stereocenters. The molecule has 2 aliphatic carbocycles. The van der Waals surface area contributed by atoms with Crippen molar-refractivity contribution in [2.75, 3.05) is 0 Å². The summed E-state index contributed by atoms with van der Waals surface area (Å²) < 4.78 is 0. The average molecular weight is 404 g/mol. The highest BCUT2D eigenvalue weighted by molar-refractivity contribution is 5.59. The number of allylic oxidation sites excluding steroid dienone is 4. The standard InChI is InChI=1S/C28H37NO/c1-2-23-8-10-24(11-9-23)25-12-14-26(15-13-25)27-16-19-28(22-30,20-17-27)18-6-4-3-5-7-21-29/h3-5,7-11,22,25-27H,2,6,12-20H2,1H3/t25-,26-,27-,28+. The predicted molar refractivity (Wildman–Crippen MR) is 124 cm³/mol. The first-order valence-corrected chi connectivity index (χ1v) is 12.0. The highest BCUT2D eigenvalue weighted by atomic mass is 16.1. The van der Waals surface area contributed by atoms with Crippen molar-refractivity contribution in [1.29, 1.82) is 5.26 Å². The van der Waals surface area contributed by atoms with Gasteiger partial charge in [0.05, 0.1) is 6.07 Å². The molecule has 0 saturated heterocycles. The topological polar surface area (TPSA) is 40.9 Å². The molecule has 30 heavy (non-hydrogen) atoms. The molecule has 0 amide bonds. The van der Waals surface area contributed by atoms with Crippen LogP contribution in [0.25, 0.3) is 0 Å². The van der Waals surface area contributed by atoms with Crippen molar-refractivity contribution >= 4 is 6.29 Å². The third kappa shape index (κ3) is 5.94. The van der Waals surface area contributed by atoms with Gasteiger partial charge in [-0.3, -0.25) is 0 Å². The SMILES string of the molecule is CCc1ccc([C@H]2CC[C@H]([C@H]3CC[C@](C=O)(CCC=CC=CC#N)CC3)CC2)cc1. The van der Waals surface area contributed by atoms with E-state index in [4.69, 9.17) is 5.26 Å². The van der Waals surface area contributed by atoms with Gasteiger partial charge in [0, 0.05) is 11.5 Å². The fraction of sp³-hybridized carbons (Fsp3) is 0.571. The number of nitrogens with zero attached hydrogens (tertiary/aromatic N) is 1. The molecular weight excluding hydrogens is 366 g/mol. The van der Waals surface area contributed by atoms with Crippen molar-refractivity contribution in [2.45, 2.75) is 83.5 Å². The van der Waals surface area contributed by atoms with E-state index in [9.17, 15) is 4.79 Å². The van der Waals surface area contributed by atoms with Crippen molar-refractivity contribution in [2.24, 2.45) is 17.3 Å². The second-order valence-corrected chi connectivity index (χ2v) is 9.48. The van der Waals surface area contributed by atoms with E-state index < -0.39 is 0 Å². The number of hydrogen-bond donors (Lipinski definition) is 0. The molecule has 0 aliphatic heterocycles. The van der Waals surface area contributed by atoms with Gasteiger partial charge in [0.25, 0.3) is 0 Å². The van der Waals surface area contributed by atoms with Crippen LogP contribution in [0.2, 0.25) is 0 Å². The smallest absolute Gasteiger partial charge is 0.126 e. The lowest BCUT2D eigenvalue weighted by molar-refractivity contribution is -0.119. The minimum Gasteiger partial charge on any atom is -0.303 e. The van der Waals surface area contributed by atoms with Crippen LogP contribution in [0.1, 0.15) is 88.2 Å². The van der Waals surface area contributed by atoms with Crippen LogP contribution >= 0.6 is 0 Å². The summed E-state index contributed by atoms with van der Waals surface area (Å²) in [7, 11) is 0. The number of nitriles is 1. The number of rotatable bonds is 8. The van der Waals surface area contributed by atoms with Crippen molar-refractivity contribution in [3.05, 3.63) is 59.7 Å². The molecule has 0 heterocycles. The first kappa shape index (κ1) is 22.5. The number of benzene rings is 1. The molecule has 0 bridgehead atoms. The van der Waals surface area contributed by atoms with Crippen molar-refractivity contribution in [3.8, 4) is 6.07 Å². The summed E-state index contributed by atoms with van der Waals surface area (Å²) in [6.45, 7) is 2.22. The van der Waals surface area contributed by atoms with Gasteiger partial charge in [0.1, 0.15) is 6.29 Å². The molecule has 2 saturated carbocycles. The fourth-order valence-electron chi connectivity index (χ4n) is 5.71. The van der Waals surface area contributed by atoms with E-state index in [1.165, 1.54) is 62.0 Å². The van der Waals surface area contributed by atoms with E-state index in [1.54, 1.807) is 6.08 Å². The average Bonchev–Trinajstić information content (AvgIpc) is 2.82. The molecule has 3 rings (SSSR count). The van der Waals surface area contributed by atoms with Crippen LogP contribution < -0.4 is 0 Å². The van der Waals surface area contributed by atoms with Gasteiger partial charge in [-0.05, 0) is 99.5 Å². The first-order valence-electron chi connectivity index (χ1n) is 12.0. The van der Waals surface area contributed by atoms with E-state index in [0.29, 0.717) is 0 Å². The lowest BCUT2D eigenvalue weighted by Gasteiger charge is -2.41. The molecule has 0 spiro atoms. The Kier molecular flexibility index (Phi) is 8.50. The van der Waals surface area contributed by atoms with Gasteiger partial charge < -0.3 is 4.79 Å². The van der Waals surface area contributed by atoms with Crippen LogP contribution in [0, 0.1) is 28.6 Å². The Bertz CT molecular complexity index is 751. The maximum Gasteiger partial charge on any atom is 0.126 e. The molecule has 2 aliphatic rings. The maximum absolute atomic E-state index is 11.9. The van der Waals surface area contributed by atoms with Crippen LogP contribution in [-0.2, 0) is 11.2 Å². The van der Waals surface area contributed by atoms with E-state index >= 15 is 0 Å². The van der Waals surface area contributed by atoms with Crippen LogP contribution in [0.3, 0.4) is 0 Å². The quantitative estimate of drug-likeness (QED) is 0.259. The van der Waals surface area contributed by atoms with Gasteiger partial charge in [-0.2, -0.15) is 5.26 Å². The number of aryl methyl sites for hydroxylation is 1. The molecule has 0 aromatic heterocycles. The summed E-state index contributed by atoms with van der Waals surface area (Å²) in [5, 5.41) is 8.51. The van der Waals surface area contributed by atoms with Crippen molar-refractivity contribution in [3.63, 3.8) is 0 Å². The number of carbonyl (C=O) groups is 1. The molecule has 2 fully saturated rings. The Morgan fingerprint density at radius 3 is 2.27 bits per heavy atom. The Balaban J connectivity index is 1.44. The normalized spacial score (nSPS) is 29.8. The second kappa shape index (κ2) is 11.3. The summed E-state index contributed by atoms with van der Waals surface area (Å²) in [5.74, 6) is 2.42. The summed E-state index contributed by atoms with van der Waals surface area (Å²) >= 11 is 0. The van der Waals surface area contributed by atoms with Crippen LogP contribution in [-0.4, -0.2) is 6.29 Å². The molecule has 0 atom stereocenters. The number of hydrogen-bond acceptors (Lipinski definition) is 2. The molecule has 1 aromatic carbocycles. The predicted octanol–water partition coefficient (Wildman–Crippen LogP) is 7.31. The van der Waals surface area contributed by atoms with Gasteiger partial charge in [-0.25, -0.2) is 0 Å². The van der Waals surface area contributed by atoms with Gasteiger partial charge >= 0.3 is 0 Å². The lowest BCUT2D eigenvalue weighted by Crippen LogP contribution is -2.32. The molecule has 1 aromatic rings. The van der Waals surface area contributed by atoms with Gasteiger partial charge in [0.15, 0.2) is 0 Å². The van der Waals surface area contributed by atoms with Crippen LogP contribution in [0.15, 0.2) is 48.6 Å². The van der Waals surface area contributed by atoms with Crippen LogP contribution in [0.4, 0.5) is 0 Å². The number of carbonyl (C=O) groups excluding carboxylic acids is 1. The Labute approximate surface area is 183 Å². The first-order chi connectivity index (χ1) is 14.7. The minimum atomic E-state index is -0.113. The monoisotopic (exact) mass is 403 g/mol.